The monoisotopic (exact) mass is 347 g/mol. The van der Waals surface area contributed by atoms with Crippen LogP contribution in [0.3, 0.4) is 0 Å². The van der Waals surface area contributed by atoms with Gasteiger partial charge in [0, 0.05) is 31.5 Å². The standard InChI is InChI=1S/C17H22ClN5O/c1-11-7-12(2)23(21-11)10-13-3-5-22(6-4-13)17-15(18)8-14(9-20-17)16(19)24/h7-9,13H,3-6,10H2,1-2H3,(H2,19,24). The summed E-state index contributed by atoms with van der Waals surface area (Å²) in [7, 11) is 0. The number of hydrogen-bond acceptors (Lipinski definition) is 4. The zero-order valence-electron chi connectivity index (χ0n) is 14.0. The SMILES string of the molecule is Cc1cc(C)n(CC2CCN(c3ncc(C(N)=O)cc3Cl)CC2)n1. The van der Waals surface area contributed by atoms with Crippen LogP contribution in [0.15, 0.2) is 18.3 Å². The average Bonchev–Trinajstić information content (AvgIpc) is 2.85. The van der Waals surface area contributed by atoms with E-state index in [1.165, 1.54) is 11.9 Å². The highest BCUT2D eigenvalue weighted by atomic mass is 35.5. The first-order valence-corrected chi connectivity index (χ1v) is 8.53. The van der Waals surface area contributed by atoms with E-state index in [0.29, 0.717) is 16.5 Å². The second-order valence-electron chi connectivity index (χ2n) is 6.43. The molecule has 2 N–H and O–H groups in total. The Hall–Kier alpha value is -2.08. The van der Waals surface area contributed by atoms with Gasteiger partial charge in [0.25, 0.3) is 0 Å². The molecule has 1 aliphatic heterocycles. The Morgan fingerprint density at radius 2 is 2.04 bits per heavy atom. The summed E-state index contributed by atoms with van der Waals surface area (Å²) >= 11 is 6.27. The lowest BCUT2D eigenvalue weighted by molar-refractivity contribution is 0.1000. The van der Waals surface area contributed by atoms with Crippen LogP contribution in [0.4, 0.5) is 5.82 Å². The molecule has 0 saturated carbocycles. The molecule has 128 valence electrons. The van der Waals surface area contributed by atoms with Crippen LogP contribution in [0.2, 0.25) is 5.02 Å². The predicted octanol–water partition coefficient (Wildman–Crippen LogP) is 2.56. The smallest absolute Gasteiger partial charge is 0.250 e. The first-order valence-electron chi connectivity index (χ1n) is 8.15. The molecule has 0 bridgehead atoms. The van der Waals surface area contributed by atoms with Crippen molar-refractivity contribution in [1.29, 1.82) is 0 Å². The quantitative estimate of drug-likeness (QED) is 0.922. The van der Waals surface area contributed by atoms with Crippen molar-refractivity contribution in [2.24, 2.45) is 11.7 Å². The van der Waals surface area contributed by atoms with Gasteiger partial charge in [0.1, 0.15) is 5.82 Å². The second-order valence-corrected chi connectivity index (χ2v) is 6.84. The van der Waals surface area contributed by atoms with E-state index < -0.39 is 5.91 Å². The Morgan fingerprint density at radius 3 is 2.58 bits per heavy atom. The number of aromatic nitrogens is 3. The maximum atomic E-state index is 11.2. The largest absolute Gasteiger partial charge is 0.366 e. The number of nitrogens with zero attached hydrogens (tertiary/aromatic N) is 4. The Labute approximate surface area is 146 Å². The highest BCUT2D eigenvalue weighted by Crippen LogP contribution is 2.29. The number of nitrogens with two attached hydrogens (primary N) is 1. The molecule has 0 radical (unpaired) electrons. The zero-order valence-corrected chi connectivity index (χ0v) is 14.8. The highest BCUT2D eigenvalue weighted by Gasteiger charge is 2.23. The third-order valence-corrected chi connectivity index (χ3v) is 4.83. The molecular weight excluding hydrogens is 326 g/mol. The summed E-state index contributed by atoms with van der Waals surface area (Å²) in [5.74, 6) is 0.814. The second kappa shape index (κ2) is 6.81. The average molecular weight is 348 g/mol. The number of rotatable bonds is 4. The Balaban J connectivity index is 1.63. The van der Waals surface area contributed by atoms with Gasteiger partial charge in [-0.1, -0.05) is 11.6 Å². The van der Waals surface area contributed by atoms with Gasteiger partial charge in [-0.2, -0.15) is 5.10 Å². The number of carbonyl (C=O) groups is 1. The fourth-order valence-corrected chi connectivity index (χ4v) is 3.52. The van der Waals surface area contributed by atoms with E-state index in [2.05, 4.69) is 32.7 Å². The van der Waals surface area contributed by atoms with Gasteiger partial charge >= 0.3 is 0 Å². The lowest BCUT2D eigenvalue weighted by Crippen LogP contribution is -2.36. The first kappa shape index (κ1) is 16.8. The van der Waals surface area contributed by atoms with Crippen molar-refractivity contribution in [2.45, 2.75) is 33.2 Å². The molecular formula is C17H22ClN5O. The molecule has 1 aliphatic rings. The van der Waals surface area contributed by atoms with E-state index in [1.54, 1.807) is 6.07 Å². The number of primary amides is 1. The Morgan fingerprint density at radius 1 is 1.33 bits per heavy atom. The number of anilines is 1. The predicted molar refractivity (Wildman–Crippen MR) is 94.4 cm³/mol. The zero-order chi connectivity index (χ0) is 17.3. The molecule has 1 saturated heterocycles. The van der Waals surface area contributed by atoms with Crippen LogP contribution in [-0.4, -0.2) is 33.8 Å². The van der Waals surface area contributed by atoms with Crippen molar-refractivity contribution >= 4 is 23.3 Å². The topological polar surface area (TPSA) is 77.0 Å². The summed E-state index contributed by atoms with van der Waals surface area (Å²) in [6.07, 6.45) is 3.62. The third kappa shape index (κ3) is 3.53. The van der Waals surface area contributed by atoms with Crippen molar-refractivity contribution in [1.82, 2.24) is 14.8 Å². The minimum Gasteiger partial charge on any atom is -0.366 e. The van der Waals surface area contributed by atoms with Crippen LogP contribution in [-0.2, 0) is 6.54 Å². The number of pyridine rings is 1. The summed E-state index contributed by atoms with van der Waals surface area (Å²) in [6, 6.07) is 3.70. The van der Waals surface area contributed by atoms with Gasteiger partial charge in [-0.25, -0.2) is 4.98 Å². The van der Waals surface area contributed by atoms with Crippen LogP contribution >= 0.6 is 11.6 Å². The summed E-state index contributed by atoms with van der Waals surface area (Å²) in [4.78, 5) is 17.7. The first-order chi connectivity index (χ1) is 11.4. The number of carbonyl (C=O) groups excluding carboxylic acids is 1. The van der Waals surface area contributed by atoms with E-state index in [-0.39, 0.29) is 0 Å². The van der Waals surface area contributed by atoms with Gasteiger partial charge in [-0.15, -0.1) is 0 Å². The summed E-state index contributed by atoms with van der Waals surface area (Å²) in [6.45, 7) is 6.86. The van der Waals surface area contributed by atoms with Crippen molar-refractivity contribution in [3.8, 4) is 0 Å². The van der Waals surface area contributed by atoms with Crippen LogP contribution in [0.5, 0.6) is 0 Å². The number of piperidine rings is 1. The van der Waals surface area contributed by atoms with E-state index in [9.17, 15) is 4.79 Å². The fourth-order valence-electron chi connectivity index (χ4n) is 3.23. The van der Waals surface area contributed by atoms with Crippen LogP contribution < -0.4 is 10.6 Å². The molecule has 2 aromatic heterocycles. The summed E-state index contributed by atoms with van der Waals surface area (Å²) < 4.78 is 2.10. The fraction of sp³-hybridized carbons (Fsp3) is 0.471. The summed E-state index contributed by atoms with van der Waals surface area (Å²) in [5, 5.41) is 5.02. The lowest BCUT2D eigenvalue weighted by Gasteiger charge is -2.33. The molecule has 0 aromatic carbocycles. The number of hydrogen-bond donors (Lipinski definition) is 1. The molecule has 0 spiro atoms. The highest BCUT2D eigenvalue weighted by molar-refractivity contribution is 6.33. The minimum absolute atomic E-state index is 0.336. The van der Waals surface area contributed by atoms with Gasteiger partial charge in [0.15, 0.2) is 0 Å². The van der Waals surface area contributed by atoms with Crippen molar-refractivity contribution in [2.75, 3.05) is 18.0 Å². The molecule has 1 amide bonds. The van der Waals surface area contributed by atoms with Crippen molar-refractivity contribution < 1.29 is 4.79 Å². The third-order valence-electron chi connectivity index (χ3n) is 4.55. The van der Waals surface area contributed by atoms with E-state index in [1.807, 2.05) is 6.92 Å². The molecule has 0 atom stereocenters. The van der Waals surface area contributed by atoms with Gasteiger partial charge in [0.05, 0.1) is 16.3 Å². The molecule has 3 heterocycles. The van der Waals surface area contributed by atoms with Crippen LogP contribution in [0.25, 0.3) is 0 Å². The summed E-state index contributed by atoms with van der Waals surface area (Å²) in [5.41, 5.74) is 7.87. The number of halogens is 1. The van der Waals surface area contributed by atoms with Gasteiger partial charge < -0.3 is 10.6 Å². The molecule has 6 nitrogen and oxygen atoms in total. The van der Waals surface area contributed by atoms with E-state index in [4.69, 9.17) is 17.3 Å². The molecule has 7 heteroatoms. The lowest BCUT2D eigenvalue weighted by atomic mass is 9.96. The maximum absolute atomic E-state index is 11.2. The van der Waals surface area contributed by atoms with Gasteiger partial charge in [-0.05, 0) is 44.7 Å². The van der Waals surface area contributed by atoms with Crippen molar-refractivity contribution in [3.63, 3.8) is 0 Å². The molecule has 24 heavy (non-hydrogen) atoms. The molecule has 2 aromatic rings. The van der Waals surface area contributed by atoms with Crippen LogP contribution in [0.1, 0.15) is 34.6 Å². The van der Waals surface area contributed by atoms with Crippen LogP contribution in [0, 0.1) is 19.8 Å². The van der Waals surface area contributed by atoms with Gasteiger partial charge in [-0.3, -0.25) is 9.48 Å². The normalized spacial score (nSPS) is 15.7. The molecule has 3 rings (SSSR count). The number of aryl methyl sites for hydroxylation is 2. The van der Waals surface area contributed by atoms with E-state index >= 15 is 0 Å². The number of amides is 1. The van der Waals surface area contributed by atoms with Crippen molar-refractivity contribution in [3.05, 3.63) is 40.3 Å². The Kier molecular flexibility index (Phi) is 4.76. The molecule has 1 fully saturated rings. The van der Waals surface area contributed by atoms with Gasteiger partial charge in [0.2, 0.25) is 5.91 Å². The molecule has 0 aliphatic carbocycles. The van der Waals surface area contributed by atoms with E-state index in [0.717, 1.165) is 44.0 Å². The molecule has 0 unspecified atom stereocenters. The maximum Gasteiger partial charge on any atom is 0.250 e. The minimum atomic E-state index is -0.514. The Bertz CT molecular complexity index is 749.